The first-order valence-corrected chi connectivity index (χ1v) is 6.76. The number of carbonyl (C=O) groups is 2. The van der Waals surface area contributed by atoms with Gasteiger partial charge in [0.25, 0.3) is 0 Å². The summed E-state index contributed by atoms with van der Waals surface area (Å²) >= 11 is 0. The molecule has 0 radical (unpaired) electrons. The Morgan fingerprint density at radius 1 is 1.33 bits per heavy atom. The summed E-state index contributed by atoms with van der Waals surface area (Å²) in [6.45, 7) is 4.87. The third kappa shape index (κ3) is 6.47. The Bertz CT molecular complexity index is 288. The minimum absolute atomic E-state index is 0.369. The molecule has 5 heteroatoms. The van der Waals surface area contributed by atoms with Crippen LogP contribution in [0.2, 0.25) is 0 Å². The van der Waals surface area contributed by atoms with Crippen LogP contribution in [0.3, 0.4) is 0 Å². The minimum atomic E-state index is -0.945. The highest BCUT2D eigenvalue weighted by Crippen LogP contribution is 2.33. The van der Waals surface area contributed by atoms with Crippen molar-refractivity contribution in [2.45, 2.75) is 52.0 Å². The number of carbonyl (C=O) groups excluding carboxylic acids is 1. The van der Waals surface area contributed by atoms with Crippen LogP contribution in [0.15, 0.2) is 0 Å². The number of urea groups is 1. The maximum absolute atomic E-state index is 11.5. The van der Waals surface area contributed by atoms with Crippen LogP contribution in [0.25, 0.3) is 0 Å². The zero-order chi connectivity index (χ0) is 13.5. The molecular formula is C13H24N2O3. The van der Waals surface area contributed by atoms with Crippen molar-refractivity contribution in [3.05, 3.63) is 0 Å². The molecule has 1 fully saturated rings. The lowest BCUT2D eigenvalue weighted by Crippen LogP contribution is -2.46. The molecule has 0 saturated heterocycles. The van der Waals surface area contributed by atoms with E-state index in [4.69, 9.17) is 5.11 Å². The quantitative estimate of drug-likeness (QED) is 0.581. The number of carboxylic acids is 1. The Balaban J connectivity index is 2.17. The average molecular weight is 256 g/mol. The van der Waals surface area contributed by atoms with Crippen LogP contribution in [0.5, 0.6) is 0 Å². The van der Waals surface area contributed by atoms with E-state index in [1.807, 2.05) is 0 Å². The summed E-state index contributed by atoms with van der Waals surface area (Å²) in [4.78, 5) is 22.5. The van der Waals surface area contributed by atoms with Crippen LogP contribution in [-0.2, 0) is 4.79 Å². The van der Waals surface area contributed by atoms with Gasteiger partial charge in [0.1, 0.15) is 6.04 Å². The predicted molar refractivity (Wildman–Crippen MR) is 69.4 cm³/mol. The lowest BCUT2D eigenvalue weighted by atomic mass is 10.1. The molecule has 5 nitrogen and oxygen atoms in total. The Morgan fingerprint density at radius 3 is 2.50 bits per heavy atom. The van der Waals surface area contributed by atoms with Gasteiger partial charge in [-0.05, 0) is 31.1 Å². The summed E-state index contributed by atoms with van der Waals surface area (Å²) < 4.78 is 0. The van der Waals surface area contributed by atoms with Crippen molar-refractivity contribution >= 4 is 12.0 Å². The van der Waals surface area contributed by atoms with Crippen LogP contribution in [-0.4, -0.2) is 29.7 Å². The van der Waals surface area contributed by atoms with Gasteiger partial charge in [0.15, 0.2) is 0 Å². The third-order valence-corrected chi connectivity index (χ3v) is 3.11. The van der Waals surface area contributed by atoms with Crippen LogP contribution >= 0.6 is 0 Å². The zero-order valence-corrected chi connectivity index (χ0v) is 11.2. The molecule has 0 aromatic rings. The highest BCUT2D eigenvalue weighted by molar-refractivity contribution is 5.82. The number of rotatable bonds is 8. The molecule has 0 spiro atoms. The Hall–Kier alpha value is -1.26. The predicted octanol–water partition coefficient (Wildman–Crippen LogP) is 1.98. The van der Waals surface area contributed by atoms with Crippen LogP contribution < -0.4 is 10.6 Å². The van der Waals surface area contributed by atoms with Gasteiger partial charge < -0.3 is 15.7 Å². The van der Waals surface area contributed by atoms with E-state index in [2.05, 4.69) is 24.5 Å². The minimum Gasteiger partial charge on any atom is -0.480 e. The SMILES string of the molecule is CC(C)CCCNC(=O)NC(CC1CC1)C(=O)O. The molecule has 0 bridgehead atoms. The second-order valence-corrected chi connectivity index (χ2v) is 5.51. The van der Waals surface area contributed by atoms with Gasteiger partial charge in [0.2, 0.25) is 0 Å². The molecule has 1 saturated carbocycles. The van der Waals surface area contributed by atoms with Crippen molar-refractivity contribution in [1.82, 2.24) is 10.6 Å². The highest BCUT2D eigenvalue weighted by Gasteiger charge is 2.30. The van der Waals surface area contributed by atoms with Gasteiger partial charge in [0, 0.05) is 6.54 Å². The largest absolute Gasteiger partial charge is 0.480 e. The van der Waals surface area contributed by atoms with Gasteiger partial charge in [-0.1, -0.05) is 26.7 Å². The molecule has 1 aliphatic rings. The standard InChI is InChI=1S/C13H24N2O3/c1-9(2)4-3-7-14-13(18)15-11(12(16)17)8-10-5-6-10/h9-11H,3-8H2,1-2H3,(H,16,17)(H2,14,15,18). The number of amides is 2. The molecule has 3 N–H and O–H groups in total. The van der Waals surface area contributed by atoms with Crippen molar-refractivity contribution in [1.29, 1.82) is 0 Å². The second-order valence-electron chi connectivity index (χ2n) is 5.51. The molecule has 1 atom stereocenters. The van der Waals surface area contributed by atoms with Crippen molar-refractivity contribution in [2.24, 2.45) is 11.8 Å². The van der Waals surface area contributed by atoms with E-state index in [9.17, 15) is 9.59 Å². The topological polar surface area (TPSA) is 78.4 Å². The normalized spacial score (nSPS) is 16.4. The second kappa shape index (κ2) is 7.24. The number of hydrogen-bond donors (Lipinski definition) is 3. The van der Waals surface area contributed by atoms with E-state index in [1.165, 1.54) is 0 Å². The molecule has 1 rings (SSSR count). The Kier molecular flexibility index (Phi) is 5.95. The zero-order valence-electron chi connectivity index (χ0n) is 11.2. The van der Waals surface area contributed by atoms with Crippen molar-refractivity contribution in [2.75, 3.05) is 6.54 Å². The molecular weight excluding hydrogens is 232 g/mol. The van der Waals surface area contributed by atoms with E-state index < -0.39 is 12.0 Å². The molecule has 0 aromatic heterocycles. The van der Waals surface area contributed by atoms with Gasteiger partial charge >= 0.3 is 12.0 Å². The molecule has 2 amide bonds. The number of carboxylic acid groups (broad SMARTS) is 1. The van der Waals surface area contributed by atoms with Crippen molar-refractivity contribution in [3.8, 4) is 0 Å². The van der Waals surface area contributed by atoms with Crippen LogP contribution in [0.1, 0.15) is 46.0 Å². The van der Waals surface area contributed by atoms with Crippen LogP contribution in [0.4, 0.5) is 4.79 Å². The van der Waals surface area contributed by atoms with Crippen LogP contribution in [0, 0.1) is 11.8 Å². The van der Waals surface area contributed by atoms with Gasteiger partial charge in [-0.3, -0.25) is 0 Å². The van der Waals surface area contributed by atoms with E-state index in [1.54, 1.807) is 0 Å². The molecule has 1 aliphatic carbocycles. The first-order chi connectivity index (χ1) is 8.49. The number of hydrogen-bond acceptors (Lipinski definition) is 2. The fourth-order valence-electron chi connectivity index (χ4n) is 1.83. The van der Waals surface area contributed by atoms with Gasteiger partial charge in [-0.15, -0.1) is 0 Å². The smallest absolute Gasteiger partial charge is 0.326 e. The summed E-state index contributed by atoms with van der Waals surface area (Å²) in [5.74, 6) is 0.156. The molecule has 0 aromatic carbocycles. The fourth-order valence-corrected chi connectivity index (χ4v) is 1.83. The summed E-state index contributed by atoms with van der Waals surface area (Å²) in [5, 5.41) is 14.2. The lowest BCUT2D eigenvalue weighted by molar-refractivity contribution is -0.139. The molecule has 18 heavy (non-hydrogen) atoms. The Labute approximate surface area is 108 Å². The first kappa shape index (κ1) is 14.8. The maximum atomic E-state index is 11.5. The van der Waals surface area contributed by atoms with Crippen molar-refractivity contribution < 1.29 is 14.7 Å². The molecule has 104 valence electrons. The molecule has 0 heterocycles. The third-order valence-electron chi connectivity index (χ3n) is 3.11. The number of aliphatic carboxylic acids is 1. The van der Waals surface area contributed by atoms with E-state index in [-0.39, 0.29) is 6.03 Å². The fraction of sp³-hybridized carbons (Fsp3) is 0.846. The van der Waals surface area contributed by atoms with E-state index >= 15 is 0 Å². The molecule has 0 aliphatic heterocycles. The van der Waals surface area contributed by atoms with E-state index in [0.29, 0.717) is 24.8 Å². The molecule has 1 unspecified atom stereocenters. The monoisotopic (exact) mass is 256 g/mol. The van der Waals surface area contributed by atoms with Crippen molar-refractivity contribution in [3.63, 3.8) is 0 Å². The van der Waals surface area contributed by atoms with Gasteiger partial charge in [-0.2, -0.15) is 0 Å². The highest BCUT2D eigenvalue weighted by atomic mass is 16.4. The average Bonchev–Trinajstić information content (AvgIpc) is 3.07. The lowest BCUT2D eigenvalue weighted by Gasteiger charge is -2.15. The van der Waals surface area contributed by atoms with Gasteiger partial charge in [-0.25, -0.2) is 9.59 Å². The summed E-state index contributed by atoms with van der Waals surface area (Å²) in [6.07, 6.45) is 4.70. The first-order valence-electron chi connectivity index (χ1n) is 6.76. The number of nitrogens with one attached hydrogen (secondary N) is 2. The Morgan fingerprint density at radius 2 is 2.00 bits per heavy atom. The van der Waals surface area contributed by atoms with Gasteiger partial charge in [0.05, 0.1) is 0 Å². The maximum Gasteiger partial charge on any atom is 0.326 e. The summed E-state index contributed by atoms with van der Waals surface area (Å²) in [5.41, 5.74) is 0. The summed E-state index contributed by atoms with van der Waals surface area (Å²) in [7, 11) is 0. The van der Waals surface area contributed by atoms with E-state index in [0.717, 1.165) is 25.7 Å². The summed E-state index contributed by atoms with van der Waals surface area (Å²) in [6, 6.07) is -1.12.